The minimum Gasteiger partial charge on any atom is -0.381 e. The van der Waals surface area contributed by atoms with E-state index in [1.807, 2.05) is 122 Å². The standard InChI is InChI=1S/C24H25N7O.C14H19N7O.C10H8Cl2N4.C9H7NO.C5H10O.C3Cl3N3.CH4/c1-17-5-4-7-20(15-17)26-22-27-23(29-24(28-22)31-11-13-32-14-12-31)30-25-16-19-10-9-18-6-2-3-8-21(18)19;1-10-3-2-4-11(9-10)16-12-17-13(20-15)19-14(18-12)21-5-7-22-8-6-21;1-6-3-2-4-7(5-6)13-10-15-8(11)14-9(12)16-10;11-6-7-5-10-9-4-2-1-3-8(7)9;1-2-4-6-5-3-1;4-1-7-2(5)9-3(6)8-1;/h2-8,10,15-16H,9,11-14H2,1H3,(H2,26,27,28,29,30);2-4,9H,5-8,15H2,1H3,(H2,16,17,18,19,20);2-5H,1H3,(H,13,14,15,16);1-6,10H;1-5H2;;1H4/b25-16+;;;;;;. The van der Waals surface area contributed by atoms with Crippen molar-refractivity contribution in [1.29, 1.82) is 0 Å². The highest BCUT2D eigenvalue weighted by Crippen LogP contribution is 2.27. The molecule has 3 fully saturated rings. The molecule has 14 rings (SSSR count). The second-order valence-electron chi connectivity index (χ2n) is 21.2. The first-order valence-electron chi connectivity index (χ1n) is 30.3. The summed E-state index contributed by atoms with van der Waals surface area (Å²) in [4.78, 5) is 66.2. The Labute approximate surface area is 586 Å². The number of hydrogen-bond acceptors (Lipinski definition) is 25. The van der Waals surface area contributed by atoms with E-state index in [4.69, 9.17) is 78.1 Å². The van der Waals surface area contributed by atoms with E-state index in [-0.39, 0.29) is 33.8 Å². The lowest BCUT2D eigenvalue weighted by Gasteiger charge is -2.27. The van der Waals surface area contributed by atoms with Gasteiger partial charge in [-0.25, -0.2) is 11.3 Å². The number of allylic oxidation sites excluding steroid dienone is 2. The zero-order chi connectivity index (χ0) is 67.4. The quantitative estimate of drug-likeness (QED) is 0.0244. The molecule has 10 aromatic rings. The van der Waals surface area contributed by atoms with E-state index >= 15 is 0 Å². The number of aryl methyl sites for hydroxylation is 3. The number of morpholine rings is 2. The number of fused-ring (bicyclic) bond motifs is 2. The topological polar surface area (TPSA) is 320 Å². The highest BCUT2D eigenvalue weighted by Gasteiger charge is 2.19. The van der Waals surface area contributed by atoms with Gasteiger partial charge in [-0.15, -0.1) is 0 Å². The summed E-state index contributed by atoms with van der Waals surface area (Å²) in [6.07, 6.45) is 11.4. The number of nitrogens with one attached hydrogen (secondary N) is 6. The maximum atomic E-state index is 10.5. The van der Waals surface area contributed by atoms with Crippen molar-refractivity contribution in [3.05, 3.63) is 193 Å². The van der Waals surface area contributed by atoms with Gasteiger partial charge in [0, 0.05) is 79.1 Å². The molecule has 0 amide bonds. The van der Waals surface area contributed by atoms with Crippen LogP contribution in [0.15, 0.2) is 139 Å². The Bertz CT molecular complexity index is 4130. The van der Waals surface area contributed by atoms with Crippen LogP contribution in [-0.4, -0.2) is 143 Å². The van der Waals surface area contributed by atoms with Gasteiger partial charge in [0.05, 0.1) is 32.6 Å². The van der Waals surface area contributed by atoms with Crippen LogP contribution < -0.4 is 42.4 Å². The van der Waals surface area contributed by atoms with Crippen molar-refractivity contribution >= 4 is 146 Å². The number of rotatable bonds is 13. The second kappa shape index (κ2) is 38.4. The van der Waals surface area contributed by atoms with Crippen LogP contribution in [0, 0.1) is 20.8 Å². The molecule has 3 saturated heterocycles. The molecule has 506 valence electrons. The van der Waals surface area contributed by atoms with Crippen molar-refractivity contribution in [2.24, 2.45) is 10.9 Å². The van der Waals surface area contributed by atoms with E-state index in [0.717, 1.165) is 108 Å². The summed E-state index contributed by atoms with van der Waals surface area (Å²) < 4.78 is 15.9. The van der Waals surface area contributed by atoms with Crippen LogP contribution in [0.5, 0.6) is 0 Å². The number of hydrazine groups is 1. The molecule has 0 unspecified atom stereocenters. The highest BCUT2D eigenvalue weighted by molar-refractivity contribution is 6.33. The highest BCUT2D eigenvalue weighted by atomic mass is 35.5. The normalized spacial score (nSPS) is 13.7. The molecule has 31 heteroatoms. The minimum atomic E-state index is 0. The summed E-state index contributed by atoms with van der Waals surface area (Å²) in [5.41, 5.74) is 17.0. The Balaban J connectivity index is 0.000000161. The van der Waals surface area contributed by atoms with Crippen LogP contribution in [0.2, 0.25) is 26.4 Å². The van der Waals surface area contributed by atoms with Crippen LogP contribution in [0.1, 0.15) is 64.9 Å². The average molecular weight is 1420 g/mol. The third-order valence-electron chi connectivity index (χ3n) is 14.0. The fourth-order valence-electron chi connectivity index (χ4n) is 9.48. The summed E-state index contributed by atoms with van der Waals surface area (Å²) in [5.74, 6) is 8.61. The van der Waals surface area contributed by atoms with Crippen molar-refractivity contribution in [2.45, 2.75) is 53.9 Å². The number of aromatic amines is 1. The molecule has 5 aromatic carbocycles. The summed E-state index contributed by atoms with van der Waals surface area (Å²) in [5, 5.41) is 15.0. The fraction of sp³-hybridized carbons (Fsp3) is 0.273. The summed E-state index contributed by atoms with van der Waals surface area (Å²) in [6.45, 7) is 13.7. The largest absolute Gasteiger partial charge is 0.381 e. The number of carbonyl (C=O) groups is 1. The van der Waals surface area contributed by atoms with Crippen molar-refractivity contribution < 1.29 is 19.0 Å². The molecule has 0 radical (unpaired) electrons. The summed E-state index contributed by atoms with van der Waals surface area (Å²) >= 11 is 27.3. The van der Waals surface area contributed by atoms with E-state index in [0.29, 0.717) is 68.1 Å². The molecule has 4 aliphatic rings. The molecular formula is C66H73Cl5N22O4. The molecule has 26 nitrogen and oxygen atoms in total. The molecular weight excluding hydrogens is 1340 g/mol. The predicted octanol–water partition coefficient (Wildman–Crippen LogP) is 13.7. The number of benzene rings is 5. The average Bonchev–Trinajstić information content (AvgIpc) is 1.75. The van der Waals surface area contributed by atoms with Crippen LogP contribution in [0.3, 0.4) is 0 Å². The first kappa shape index (κ1) is 73.5. The number of ether oxygens (including phenoxy) is 3. The van der Waals surface area contributed by atoms with Crippen LogP contribution >= 0.6 is 58.0 Å². The van der Waals surface area contributed by atoms with E-state index in [2.05, 4.69) is 139 Å². The molecule has 8 N–H and O–H groups in total. The second-order valence-corrected chi connectivity index (χ2v) is 22.9. The Morgan fingerprint density at radius 3 is 1.42 bits per heavy atom. The monoisotopic (exact) mass is 1410 g/mol. The molecule has 0 atom stereocenters. The molecule has 8 heterocycles. The predicted molar refractivity (Wildman–Crippen MR) is 387 cm³/mol. The molecule has 1 aliphatic carbocycles. The van der Waals surface area contributed by atoms with Crippen molar-refractivity contribution in [3.8, 4) is 0 Å². The first-order chi connectivity index (χ1) is 46.7. The van der Waals surface area contributed by atoms with E-state index in [1.54, 1.807) is 6.20 Å². The molecule has 0 saturated carbocycles. The molecule has 97 heavy (non-hydrogen) atoms. The third-order valence-corrected chi connectivity index (χ3v) is 14.8. The maximum Gasteiger partial charge on any atom is 0.250 e. The number of hydrazone groups is 1. The van der Waals surface area contributed by atoms with Gasteiger partial charge in [-0.05, 0) is 180 Å². The van der Waals surface area contributed by atoms with E-state index in [1.165, 1.54) is 30.4 Å². The van der Waals surface area contributed by atoms with Gasteiger partial charge in [-0.1, -0.05) is 92.4 Å². The van der Waals surface area contributed by atoms with Gasteiger partial charge in [-0.2, -0.15) is 64.9 Å². The van der Waals surface area contributed by atoms with Gasteiger partial charge in [-0.3, -0.25) is 10.2 Å². The number of halogens is 5. The molecule has 0 bridgehead atoms. The fourth-order valence-corrected chi connectivity index (χ4v) is 10.5. The summed E-state index contributed by atoms with van der Waals surface area (Å²) in [6, 6.07) is 40.0. The lowest BCUT2D eigenvalue weighted by Crippen LogP contribution is -2.37. The zero-order valence-corrected chi connectivity index (χ0v) is 56.3. The minimum absolute atomic E-state index is 0. The Kier molecular flexibility index (Phi) is 29.1. The lowest BCUT2D eigenvalue weighted by molar-refractivity contribution is 0.0968. The van der Waals surface area contributed by atoms with Gasteiger partial charge in [0.15, 0.2) is 6.29 Å². The number of hydrogen-bond donors (Lipinski definition) is 7. The molecule has 3 aliphatic heterocycles. The van der Waals surface area contributed by atoms with Crippen molar-refractivity contribution in [2.75, 3.05) is 102 Å². The van der Waals surface area contributed by atoms with Crippen molar-refractivity contribution in [1.82, 2.24) is 64.8 Å². The van der Waals surface area contributed by atoms with Gasteiger partial charge in [0.2, 0.25) is 68.1 Å². The number of H-pyrrole nitrogens is 1. The number of aromatic nitrogens is 13. The lowest BCUT2D eigenvalue weighted by atomic mass is 10.1. The van der Waals surface area contributed by atoms with E-state index in [9.17, 15) is 4.79 Å². The van der Waals surface area contributed by atoms with Crippen molar-refractivity contribution in [3.63, 3.8) is 0 Å². The van der Waals surface area contributed by atoms with Gasteiger partial charge >= 0.3 is 0 Å². The maximum absolute atomic E-state index is 10.5. The molecule has 0 spiro atoms. The third kappa shape index (κ3) is 24.1. The SMILES string of the molecule is C.C1CCOCC1.Cc1cccc(Nc2nc(Cl)nc(Cl)n2)c1.Cc1cccc(Nc2nc(N/N=C/C3=CCc4ccccc43)nc(N3CCOCC3)n2)c1.Cc1cccc(Nc2nc(NN)nc(N3CCOCC3)n2)c1.Clc1nc(Cl)nc(Cl)n1.O=Cc1c[nH]c2ccccc12. The van der Waals surface area contributed by atoms with Gasteiger partial charge in [0.1, 0.15) is 0 Å². The number of carbonyl (C=O) groups excluding carboxylic acids is 1. The number of para-hydroxylation sites is 1. The number of nitrogen functional groups attached to an aromatic ring is 1. The first-order valence-corrected chi connectivity index (χ1v) is 32.2. The smallest absolute Gasteiger partial charge is 0.250 e. The van der Waals surface area contributed by atoms with Gasteiger partial charge in [0.25, 0.3) is 0 Å². The number of nitrogens with zero attached hydrogens (tertiary/aromatic N) is 15. The van der Waals surface area contributed by atoms with E-state index < -0.39 is 0 Å². The number of aldehydes is 1. The Morgan fingerprint density at radius 1 is 0.505 bits per heavy atom. The van der Waals surface area contributed by atoms with Gasteiger partial charge < -0.3 is 44.9 Å². The summed E-state index contributed by atoms with van der Waals surface area (Å²) in [7, 11) is 0. The zero-order valence-electron chi connectivity index (χ0n) is 52.6. The van der Waals surface area contributed by atoms with Crippen LogP contribution in [0.4, 0.5) is 58.7 Å². The Morgan fingerprint density at radius 2 is 0.948 bits per heavy atom. The Hall–Kier alpha value is -9.35. The van der Waals surface area contributed by atoms with Crippen LogP contribution in [0.25, 0.3) is 16.5 Å². The van der Waals surface area contributed by atoms with Crippen LogP contribution in [-0.2, 0) is 20.6 Å². The number of anilines is 10. The number of nitrogens with two attached hydrogens (primary N) is 1. The molecule has 5 aromatic heterocycles.